The maximum atomic E-state index is 12.9. The summed E-state index contributed by atoms with van der Waals surface area (Å²) in [4.78, 5) is 0. The van der Waals surface area contributed by atoms with E-state index in [1.54, 1.807) is 11.7 Å². The van der Waals surface area contributed by atoms with Crippen LogP contribution in [0.4, 0.5) is 10.1 Å². The van der Waals surface area contributed by atoms with Gasteiger partial charge in [0.05, 0.1) is 11.4 Å². The molecule has 2 N–H and O–H groups in total. The number of hydrogen-bond acceptors (Lipinski definition) is 3. The summed E-state index contributed by atoms with van der Waals surface area (Å²) in [5.41, 5.74) is 7.49. The van der Waals surface area contributed by atoms with Crippen LogP contribution in [0.1, 0.15) is 11.3 Å². The van der Waals surface area contributed by atoms with E-state index in [0.29, 0.717) is 10.9 Å². The van der Waals surface area contributed by atoms with Crippen LogP contribution in [-0.2, 0) is 13.7 Å². The van der Waals surface area contributed by atoms with Crippen molar-refractivity contribution in [3.05, 3.63) is 40.4 Å². The first-order valence-electron chi connectivity index (χ1n) is 5.35. The van der Waals surface area contributed by atoms with Crippen LogP contribution in [0.5, 0.6) is 5.75 Å². The Morgan fingerprint density at radius 3 is 2.78 bits per heavy atom. The maximum Gasteiger partial charge on any atom is 0.142 e. The van der Waals surface area contributed by atoms with E-state index in [2.05, 4.69) is 5.10 Å². The molecule has 96 valence electrons. The molecule has 0 spiro atoms. The molecular weight excluding hydrogens is 257 g/mol. The minimum Gasteiger partial charge on any atom is -0.487 e. The van der Waals surface area contributed by atoms with Crippen LogP contribution in [0.15, 0.2) is 18.2 Å². The van der Waals surface area contributed by atoms with Crippen LogP contribution < -0.4 is 10.5 Å². The molecule has 2 aromatic rings. The van der Waals surface area contributed by atoms with Gasteiger partial charge in [0.15, 0.2) is 0 Å². The second kappa shape index (κ2) is 4.86. The van der Waals surface area contributed by atoms with E-state index in [9.17, 15) is 4.39 Å². The van der Waals surface area contributed by atoms with Crippen molar-refractivity contribution in [1.82, 2.24) is 9.78 Å². The number of nitrogens with two attached hydrogens (primary N) is 1. The van der Waals surface area contributed by atoms with E-state index in [1.807, 2.05) is 6.92 Å². The van der Waals surface area contributed by atoms with Crippen molar-refractivity contribution in [2.45, 2.75) is 13.5 Å². The Bertz CT molecular complexity index is 583. The third-order valence-corrected chi connectivity index (χ3v) is 3.09. The van der Waals surface area contributed by atoms with Gasteiger partial charge in [0.25, 0.3) is 0 Å². The van der Waals surface area contributed by atoms with Gasteiger partial charge in [-0.05, 0) is 19.1 Å². The predicted molar refractivity (Wildman–Crippen MR) is 68.1 cm³/mol. The molecule has 2 rings (SSSR count). The average Bonchev–Trinajstić information content (AvgIpc) is 2.53. The summed E-state index contributed by atoms with van der Waals surface area (Å²) in [7, 11) is 1.76. The molecule has 0 aliphatic rings. The van der Waals surface area contributed by atoms with Crippen molar-refractivity contribution in [2.75, 3.05) is 5.73 Å². The monoisotopic (exact) mass is 269 g/mol. The van der Waals surface area contributed by atoms with E-state index in [-0.39, 0.29) is 12.3 Å². The van der Waals surface area contributed by atoms with Gasteiger partial charge in [-0.25, -0.2) is 4.39 Å². The van der Waals surface area contributed by atoms with Gasteiger partial charge in [0.2, 0.25) is 0 Å². The molecule has 0 radical (unpaired) electrons. The molecule has 0 atom stereocenters. The minimum atomic E-state index is -0.393. The van der Waals surface area contributed by atoms with Gasteiger partial charge in [-0.1, -0.05) is 11.6 Å². The molecule has 0 saturated carbocycles. The van der Waals surface area contributed by atoms with Gasteiger partial charge in [0.1, 0.15) is 23.3 Å². The molecule has 0 aliphatic carbocycles. The molecule has 18 heavy (non-hydrogen) atoms. The van der Waals surface area contributed by atoms with Crippen LogP contribution in [0.2, 0.25) is 5.15 Å². The van der Waals surface area contributed by atoms with Crippen molar-refractivity contribution in [1.29, 1.82) is 0 Å². The fourth-order valence-electron chi connectivity index (χ4n) is 1.64. The van der Waals surface area contributed by atoms with Crippen LogP contribution in [0.25, 0.3) is 0 Å². The quantitative estimate of drug-likeness (QED) is 0.872. The fourth-order valence-corrected chi connectivity index (χ4v) is 1.87. The number of benzene rings is 1. The van der Waals surface area contributed by atoms with E-state index in [4.69, 9.17) is 22.1 Å². The number of ether oxygens (including phenoxy) is 1. The van der Waals surface area contributed by atoms with E-state index in [0.717, 1.165) is 11.3 Å². The highest BCUT2D eigenvalue weighted by Crippen LogP contribution is 2.25. The Morgan fingerprint density at radius 2 is 2.22 bits per heavy atom. The van der Waals surface area contributed by atoms with E-state index >= 15 is 0 Å². The number of rotatable bonds is 3. The summed E-state index contributed by atoms with van der Waals surface area (Å²) in [6.07, 6.45) is 0. The van der Waals surface area contributed by atoms with Crippen LogP contribution in [0, 0.1) is 12.7 Å². The molecular formula is C12H13ClFN3O. The number of halogens is 2. The normalized spacial score (nSPS) is 10.7. The first-order valence-corrected chi connectivity index (χ1v) is 5.72. The summed E-state index contributed by atoms with van der Waals surface area (Å²) in [5.74, 6) is 0.0335. The molecule has 1 aromatic carbocycles. The Hall–Kier alpha value is -1.75. The van der Waals surface area contributed by atoms with E-state index < -0.39 is 5.82 Å². The highest BCUT2D eigenvalue weighted by atomic mass is 35.5. The highest BCUT2D eigenvalue weighted by Gasteiger charge is 2.12. The van der Waals surface area contributed by atoms with Crippen molar-refractivity contribution < 1.29 is 9.13 Å². The largest absolute Gasteiger partial charge is 0.487 e. The second-order valence-corrected chi connectivity index (χ2v) is 4.31. The van der Waals surface area contributed by atoms with Crippen molar-refractivity contribution >= 4 is 17.3 Å². The number of anilines is 1. The lowest BCUT2D eigenvalue weighted by Crippen LogP contribution is -2.00. The number of hydrogen-bond donors (Lipinski definition) is 1. The van der Waals surface area contributed by atoms with Gasteiger partial charge in [0, 0.05) is 18.7 Å². The van der Waals surface area contributed by atoms with Crippen molar-refractivity contribution in [3.8, 4) is 5.75 Å². The topological polar surface area (TPSA) is 53.1 Å². The molecule has 6 heteroatoms. The fraction of sp³-hybridized carbons (Fsp3) is 0.250. The number of aryl methyl sites for hydroxylation is 2. The average molecular weight is 270 g/mol. The molecule has 1 heterocycles. The standard InChI is InChI=1S/C12H13ClFN3O/c1-7-9(12(13)17(2)16-7)6-18-11-4-3-8(14)5-10(11)15/h3-5H,6,15H2,1-2H3. The zero-order valence-electron chi connectivity index (χ0n) is 10.1. The minimum absolute atomic E-state index is 0.244. The van der Waals surface area contributed by atoms with Crippen molar-refractivity contribution in [2.24, 2.45) is 7.05 Å². The second-order valence-electron chi connectivity index (χ2n) is 3.95. The third kappa shape index (κ3) is 2.41. The smallest absolute Gasteiger partial charge is 0.142 e. The molecule has 0 bridgehead atoms. The SMILES string of the molecule is Cc1nn(C)c(Cl)c1COc1ccc(F)cc1N. The molecule has 0 amide bonds. The summed E-state index contributed by atoms with van der Waals surface area (Å²) >= 11 is 6.07. The first-order chi connectivity index (χ1) is 8.49. The van der Waals surface area contributed by atoms with Gasteiger partial charge >= 0.3 is 0 Å². The summed E-state index contributed by atoms with van der Waals surface area (Å²) in [5, 5.41) is 4.69. The Morgan fingerprint density at radius 1 is 1.50 bits per heavy atom. The Balaban J connectivity index is 2.16. The summed E-state index contributed by atoms with van der Waals surface area (Å²) in [6.45, 7) is 2.09. The lowest BCUT2D eigenvalue weighted by molar-refractivity contribution is 0.307. The van der Waals surface area contributed by atoms with Crippen LogP contribution in [0.3, 0.4) is 0 Å². The molecule has 4 nitrogen and oxygen atoms in total. The first kappa shape index (κ1) is 12.7. The van der Waals surface area contributed by atoms with Crippen LogP contribution in [-0.4, -0.2) is 9.78 Å². The molecule has 0 fully saturated rings. The van der Waals surface area contributed by atoms with Crippen LogP contribution >= 0.6 is 11.6 Å². The number of aromatic nitrogens is 2. The van der Waals surface area contributed by atoms with Gasteiger partial charge in [-0.3, -0.25) is 4.68 Å². The summed E-state index contributed by atoms with van der Waals surface area (Å²) in [6, 6.07) is 4.00. The molecule has 1 aromatic heterocycles. The van der Waals surface area contributed by atoms with Gasteiger partial charge < -0.3 is 10.5 Å². The molecule has 0 saturated heterocycles. The highest BCUT2D eigenvalue weighted by molar-refractivity contribution is 6.30. The van der Waals surface area contributed by atoms with Crippen molar-refractivity contribution in [3.63, 3.8) is 0 Å². The predicted octanol–water partition coefficient (Wildman–Crippen LogP) is 2.68. The zero-order chi connectivity index (χ0) is 13.3. The Kier molecular flexibility index (Phi) is 3.43. The molecule has 0 unspecified atom stereocenters. The summed E-state index contributed by atoms with van der Waals surface area (Å²) < 4.78 is 20.0. The lowest BCUT2D eigenvalue weighted by Gasteiger charge is -2.08. The van der Waals surface area contributed by atoms with Gasteiger partial charge in [-0.2, -0.15) is 5.10 Å². The van der Waals surface area contributed by atoms with Gasteiger partial charge in [-0.15, -0.1) is 0 Å². The zero-order valence-corrected chi connectivity index (χ0v) is 10.8. The maximum absolute atomic E-state index is 12.9. The molecule has 0 aliphatic heterocycles. The Labute approximate surface area is 109 Å². The lowest BCUT2D eigenvalue weighted by atomic mass is 10.2. The van der Waals surface area contributed by atoms with E-state index in [1.165, 1.54) is 18.2 Å². The third-order valence-electron chi connectivity index (χ3n) is 2.61. The number of nitrogen functional groups attached to an aromatic ring is 1. The number of nitrogens with zero attached hydrogens (tertiary/aromatic N) is 2.